The van der Waals surface area contributed by atoms with Gasteiger partial charge in [0, 0.05) is 11.6 Å². The Morgan fingerprint density at radius 3 is 1.95 bits per heavy atom. The number of amides is 3. The molecular formula is C29H49N3O5. The summed E-state index contributed by atoms with van der Waals surface area (Å²) >= 11 is 0. The second kappa shape index (κ2) is 13.3. The van der Waals surface area contributed by atoms with Gasteiger partial charge in [-0.1, -0.05) is 32.0 Å². The molecule has 0 heterocycles. The summed E-state index contributed by atoms with van der Waals surface area (Å²) in [4.78, 5) is 42.0. The topological polar surface area (TPSA) is 108 Å². The van der Waals surface area contributed by atoms with E-state index in [9.17, 15) is 19.5 Å². The van der Waals surface area contributed by atoms with Crippen molar-refractivity contribution in [2.75, 3.05) is 6.61 Å². The molecule has 3 amide bonds. The molecule has 37 heavy (non-hydrogen) atoms. The Bertz CT molecular complexity index is 910. The molecule has 3 N–H and O–H groups in total. The van der Waals surface area contributed by atoms with E-state index in [1.54, 1.807) is 20.8 Å². The number of hydrogen-bond acceptors (Lipinski definition) is 5. The number of carbonyl (C=O) groups excluding carboxylic acids is 3. The predicted octanol–water partition coefficient (Wildman–Crippen LogP) is 4.80. The van der Waals surface area contributed by atoms with E-state index in [1.807, 2.05) is 59.7 Å². The van der Waals surface area contributed by atoms with Crippen LogP contribution in [0, 0.1) is 19.8 Å². The summed E-state index contributed by atoms with van der Waals surface area (Å²) in [5.41, 5.74) is 1.19. The minimum absolute atomic E-state index is 0.316. The van der Waals surface area contributed by atoms with E-state index in [1.165, 1.54) is 4.90 Å². The van der Waals surface area contributed by atoms with Crippen molar-refractivity contribution < 1.29 is 24.2 Å². The molecular weight excluding hydrogens is 470 g/mol. The maximum atomic E-state index is 14.1. The van der Waals surface area contributed by atoms with Gasteiger partial charge in [-0.2, -0.15) is 0 Å². The largest absolute Gasteiger partial charge is 0.444 e. The SMILES string of the molecule is Cc1cccc(C)c1C(C(=O)NC(C)(C)C)N(C(=O)C(CO)NC(=O)OC(C)(C)C)C(C)CCC(C)C. The zero-order valence-corrected chi connectivity index (χ0v) is 24.7. The molecule has 0 bridgehead atoms. The quantitative estimate of drug-likeness (QED) is 0.412. The van der Waals surface area contributed by atoms with Crippen LogP contribution in [0.4, 0.5) is 4.79 Å². The summed E-state index contributed by atoms with van der Waals surface area (Å²) in [5.74, 6) is -0.458. The van der Waals surface area contributed by atoms with Crippen LogP contribution in [0.25, 0.3) is 0 Å². The Hall–Kier alpha value is -2.61. The lowest BCUT2D eigenvalue weighted by Crippen LogP contribution is -2.58. The molecule has 8 nitrogen and oxygen atoms in total. The van der Waals surface area contributed by atoms with Crippen LogP contribution in [-0.4, -0.2) is 57.7 Å². The molecule has 0 radical (unpaired) electrons. The minimum Gasteiger partial charge on any atom is -0.444 e. The molecule has 1 aromatic rings. The van der Waals surface area contributed by atoms with Crippen molar-refractivity contribution in [1.82, 2.24) is 15.5 Å². The van der Waals surface area contributed by atoms with Crippen molar-refractivity contribution in [1.29, 1.82) is 0 Å². The van der Waals surface area contributed by atoms with Gasteiger partial charge in [-0.25, -0.2) is 4.79 Å². The molecule has 0 spiro atoms. The van der Waals surface area contributed by atoms with E-state index < -0.39 is 41.8 Å². The van der Waals surface area contributed by atoms with Gasteiger partial charge in [-0.15, -0.1) is 0 Å². The number of aliphatic hydroxyl groups excluding tert-OH is 1. The number of nitrogens with one attached hydrogen (secondary N) is 2. The number of aryl methyl sites for hydroxylation is 2. The molecule has 0 aliphatic rings. The average molecular weight is 520 g/mol. The number of alkyl carbamates (subject to hydrolysis) is 1. The highest BCUT2D eigenvalue weighted by Crippen LogP contribution is 2.32. The maximum absolute atomic E-state index is 14.1. The fraction of sp³-hybridized carbons (Fsp3) is 0.690. The first-order chi connectivity index (χ1) is 16.9. The zero-order chi connectivity index (χ0) is 28.7. The summed E-state index contributed by atoms with van der Waals surface area (Å²) in [6, 6.07) is 3.18. The zero-order valence-electron chi connectivity index (χ0n) is 24.7. The first kappa shape index (κ1) is 32.4. The monoisotopic (exact) mass is 519 g/mol. The number of rotatable bonds is 10. The maximum Gasteiger partial charge on any atom is 0.408 e. The third-order valence-corrected chi connectivity index (χ3v) is 5.90. The molecule has 1 rings (SSSR count). The lowest BCUT2D eigenvalue weighted by molar-refractivity contribution is -0.146. The number of carbonyl (C=O) groups is 3. The van der Waals surface area contributed by atoms with Crippen LogP contribution >= 0.6 is 0 Å². The van der Waals surface area contributed by atoms with E-state index in [4.69, 9.17) is 4.74 Å². The summed E-state index contributed by atoms with van der Waals surface area (Å²) in [6.45, 7) is 20.2. The highest BCUT2D eigenvalue weighted by Gasteiger charge is 2.40. The van der Waals surface area contributed by atoms with Crippen LogP contribution in [0.2, 0.25) is 0 Å². The fourth-order valence-corrected chi connectivity index (χ4v) is 4.22. The number of nitrogens with zero attached hydrogens (tertiary/aromatic N) is 1. The number of ether oxygens (including phenoxy) is 1. The van der Waals surface area contributed by atoms with Gasteiger partial charge in [-0.05, 0) is 97.8 Å². The van der Waals surface area contributed by atoms with Gasteiger partial charge >= 0.3 is 6.09 Å². The van der Waals surface area contributed by atoms with Gasteiger partial charge in [0.25, 0.3) is 0 Å². The van der Waals surface area contributed by atoms with Crippen LogP contribution < -0.4 is 10.6 Å². The molecule has 1 aromatic carbocycles. The molecule has 0 saturated carbocycles. The van der Waals surface area contributed by atoms with Gasteiger partial charge in [0.15, 0.2) is 0 Å². The summed E-state index contributed by atoms with van der Waals surface area (Å²) in [6.07, 6.45) is 0.685. The van der Waals surface area contributed by atoms with E-state index >= 15 is 0 Å². The summed E-state index contributed by atoms with van der Waals surface area (Å²) < 4.78 is 5.32. The van der Waals surface area contributed by atoms with Crippen LogP contribution in [0.3, 0.4) is 0 Å². The lowest BCUT2D eigenvalue weighted by atomic mass is 9.91. The molecule has 0 aliphatic heterocycles. The van der Waals surface area contributed by atoms with E-state index in [-0.39, 0.29) is 11.9 Å². The Labute approximate surface area is 223 Å². The van der Waals surface area contributed by atoms with Crippen LogP contribution in [-0.2, 0) is 14.3 Å². The van der Waals surface area contributed by atoms with Crippen molar-refractivity contribution in [3.05, 3.63) is 34.9 Å². The Morgan fingerprint density at radius 1 is 0.973 bits per heavy atom. The number of benzene rings is 1. The Balaban J connectivity index is 3.67. The van der Waals surface area contributed by atoms with Gasteiger partial charge in [-0.3, -0.25) is 9.59 Å². The van der Waals surface area contributed by atoms with E-state index in [0.29, 0.717) is 12.3 Å². The first-order valence-electron chi connectivity index (χ1n) is 13.2. The number of aliphatic hydroxyl groups is 1. The molecule has 3 atom stereocenters. The average Bonchev–Trinajstić information content (AvgIpc) is 2.72. The third-order valence-electron chi connectivity index (χ3n) is 5.90. The van der Waals surface area contributed by atoms with Crippen molar-refractivity contribution in [2.24, 2.45) is 5.92 Å². The van der Waals surface area contributed by atoms with E-state index in [2.05, 4.69) is 24.5 Å². The highest BCUT2D eigenvalue weighted by atomic mass is 16.6. The highest BCUT2D eigenvalue weighted by molar-refractivity contribution is 5.93. The Kier molecular flexibility index (Phi) is 11.6. The van der Waals surface area contributed by atoms with Gasteiger partial charge in [0.05, 0.1) is 6.61 Å². The van der Waals surface area contributed by atoms with Crippen LogP contribution in [0.1, 0.15) is 97.9 Å². The summed E-state index contributed by atoms with van der Waals surface area (Å²) in [7, 11) is 0. The molecule has 0 saturated heterocycles. The second-order valence-electron chi connectivity index (χ2n) is 12.4. The summed E-state index contributed by atoms with van der Waals surface area (Å²) in [5, 5.41) is 15.7. The molecule has 210 valence electrons. The molecule has 3 unspecified atom stereocenters. The van der Waals surface area contributed by atoms with Crippen LogP contribution in [0.15, 0.2) is 18.2 Å². The normalized spacial score (nSPS) is 14.5. The molecule has 8 heteroatoms. The first-order valence-corrected chi connectivity index (χ1v) is 13.2. The van der Waals surface area contributed by atoms with Crippen molar-refractivity contribution in [3.8, 4) is 0 Å². The van der Waals surface area contributed by atoms with Gasteiger partial charge in [0.1, 0.15) is 17.7 Å². The van der Waals surface area contributed by atoms with Crippen molar-refractivity contribution in [3.63, 3.8) is 0 Å². The lowest BCUT2D eigenvalue weighted by Gasteiger charge is -2.40. The molecule has 0 aliphatic carbocycles. The standard InChI is InChI=1S/C29H49N3O5/c1-18(2)15-16-21(5)32(26(35)22(17-33)30-27(36)37-29(9,10)11)24(25(34)31-28(6,7)8)23-19(3)13-12-14-20(23)4/h12-14,18,21-22,24,33H,15-17H2,1-11H3,(H,30,36)(H,31,34). The predicted molar refractivity (Wildman–Crippen MR) is 147 cm³/mol. The molecule has 0 fully saturated rings. The molecule has 0 aromatic heterocycles. The van der Waals surface area contributed by atoms with Gasteiger partial charge < -0.3 is 25.4 Å². The smallest absolute Gasteiger partial charge is 0.408 e. The third kappa shape index (κ3) is 10.3. The fourth-order valence-electron chi connectivity index (χ4n) is 4.22. The van der Waals surface area contributed by atoms with Crippen molar-refractivity contribution in [2.45, 2.75) is 118 Å². The van der Waals surface area contributed by atoms with E-state index in [0.717, 1.165) is 23.1 Å². The van der Waals surface area contributed by atoms with Crippen LogP contribution in [0.5, 0.6) is 0 Å². The Morgan fingerprint density at radius 2 is 1.51 bits per heavy atom. The minimum atomic E-state index is -1.27. The van der Waals surface area contributed by atoms with Gasteiger partial charge in [0.2, 0.25) is 11.8 Å². The second-order valence-corrected chi connectivity index (χ2v) is 12.4. The van der Waals surface area contributed by atoms with Crippen molar-refractivity contribution >= 4 is 17.9 Å². The number of hydrogen-bond donors (Lipinski definition) is 3.